The second-order valence-corrected chi connectivity index (χ2v) is 10.7. The highest BCUT2D eigenvalue weighted by Gasteiger charge is 2.24. The third-order valence-electron chi connectivity index (χ3n) is 5.68. The first kappa shape index (κ1) is 24.0. The first-order valence-electron chi connectivity index (χ1n) is 11.0. The Morgan fingerprint density at radius 1 is 1.15 bits per heavy atom. The van der Waals surface area contributed by atoms with Crippen molar-refractivity contribution in [3.05, 3.63) is 64.6 Å². The Morgan fingerprint density at radius 3 is 2.59 bits per heavy atom. The second kappa shape index (κ2) is 9.63. The van der Waals surface area contributed by atoms with E-state index < -0.39 is 33.6 Å². The summed E-state index contributed by atoms with van der Waals surface area (Å²) in [6.07, 6.45) is 4.65. The fourth-order valence-corrected chi connectivity index (χ4v) is 5.39. The number of sulfonamides is 1. The number of fused-ring (bicyclic) bond motifs is 1. The standard InChI is InChI=1S/C23H26ClN5O4S/c1-15(14-34(32,33)27-22(30)17-11-19-5-3-4-10-29(19)13-17)25-23(31)21-12-20(26-28(21)2)16-6-8-18(24)9-7-16/h6-9,11-13,15H,3-5,10,14H2,1-2H3,(H,25,31)(H,27,30)/t15-/m1/s1. The predicted molar refractivity (Wildman–Crippen MR) is 129 cm³/mol. The Kier molecular flexibility index (Phi) is 6.81. The summed E-state index contributed by atoms with van der Waals surface area (Å²) < 4.78 is 30.6. The smallest absolute Gasteiger partial charge is 0.269 e. The van der Waals surface area contributed by atoms with Crippen molar-refractivity contribution in [2.24, 2.45) is 7.05 Å². The molecule has 4 rings (SSSR count). The van der Waals surface area contributed by atoms with Crippen LogP contribution in [0.15, 0.2) is 42.6 Å². The molecule has 11 heteroatoms. The van der Waals surface area contributed by atoms with Gasteiger partial charge >= 0.3 is 0 Å². The normalized spacial score (nSPS) is 14.3. The SMILES string of the molecule is C[C@H](CS(=O)(=O)NC(=O)c1cc2n(c1)CCCC2)NC(=O)c1cc(-c2ccc(Cl)cc2)nn1C. The van der Waals surface area contributed by atoms with Gasteiger partial charge < -0.3 is 9.88 Å². The molecular weight excluding hydrogens is 478 g/mol. The molecule has 2 amide bonds. The van der Waals surface area contributed by atoms with Gasteiger partial charge in [-0.05, 0) is 50.5 Å². The van der Waals surface area contributed by atoms with Crippen LogP contribution in [0.3, 0.4) is 0 Å². The number of nitrogens with one attached hydrogen (secondary N) is 2. The zero-order valence-electron chi connectivity index (χ0n) is 18.9. The average molecular weight is 504 g/mol. The lowest BCUT2D eigenvalue weighted by Crippen LogP contribution is -2.43. The molecule has 9 nitrogen and oxygen atoms in total. The molecule has 1 aliphatic rings. The number of carbonyl (C=O) groups excluding carboxylic acids is 2. The Balaban J connectivity index is 1.37. The van der Waals surface area contributed by atoms with E-state index in [1.165, 1.54) is 4.68 Å². The summed E-state index contributed by atoms with van der Waals surface area (Å²) in [6, 6.07) is 9.67. The molecule has 0 spiro atoms. The maximum absolute atomic E-state index is 12.7. The zero-order valence-corrected chi connectivity index (χ0v) is 20.5. The second-order valence-electron chi connectivity index (χ2n) is 8.50. The minimum Gasteiger partial charge on any atom is -0.351 e. The van der Waals surface area contributed by atoms with Gasteiger partial charge in [-0.3, -0.25) is 14.3 Å². The number of aromatic nitrogens is 3. The summed E-state index contributed by atoms with van der Waals surface area (Å²) in [5.74, 6) is -1.58. The highest BCUT2D eigenvalue weighted by Crippen LogP contribution is 2.21. The number of nitrogens with zero attached hydrogens (tertiary/aromatic N) is 3. The molecular formula is C23H26ClN5O4S. The molecule has 3 aromatic rings. The van der Waals surface area contributed by atoms with Gasteiger partial charge in [-0.1, -0.05) is 23.7 Å². The highest BCUT2D eigenvalue weighted by atomic mass is 35.5. The topological polar surface area (TPSA) is 115 Å². The van der Waals surface area contributed by atoms with Crippen LogP contribution in [0.25, 0.3) is 11.3 Å². The summed E-state index contributed by atoms with van der Waals surface area (Å²) in [7, 11) is -2.34. The highest BCUT2D eigenvalue weighted by molar-refractivity contribution is 7.90. The van der Waals surface area contributed by atoms with E-state index in [-0.39, 0.29) is 5.69 Å². The Morgan fingerprint density at radius 2 is 1.88 bits per heavy atom. The largest absolute Gasteiger partial charge is 0.351 e. The van der Waals surface area contributed by atoms with E-state index in [0.717, 1.165) is 37.1 Å². The third kappa shape index (κ3) is 5.51. The minimum atomic E-state index is -3.97. The van der Waals surface area contributed by atoms with Gasteiger partial charge in [0, 0.05) is 42.1 Å². The molecule has 0 saturated carbocycles. The first-order valence-corrected chi connectivity index (χ1v) is 13.0. The van der Waals surface area contributed by atoms with Crippen LogP contribution in [0.4, 0.5) is 0 Å². The molecule has 1 atom stereocenters. The fraction of sp³-hybridized carbons (Fsp3) is 0.348. The molecule has 0 saturated heterocycles. The van der Waals surface area contributed by atoms with E-state index in [9.17, 15) is 18.0 Å². The number of carbonyl (C=O) groups is 2. The van der Waals surface area contributed by atoms with Crippen molar-refractivity contribution < 1.29 is 18.0 Å². The fourth-order valence-electron chi connectivity index (χ4n) is 4.04. The predicted octanol–water partition coefficient (Wildman–Crippen LogP) is 2.76. The summed E-state index contributed by atoms with van der Waals surface area (Å²) >= 11 is 5.92. The Bertz CT molecular complexity index is 1300. The van der Waals surface area contributed by atoms with Crippen molar-refractivity contribution in [1.29, 1.82) is 0 Å². The molecule has 1 aromatic carbocycles. The van der Waals surface area contributed by atoms with Crippen molar-refractivity contribution in [2.45, 2.75) is 38.8 Å². The molecule has 2 aromatic heterocycles. The number of rotatable bonds is 7. The van der Waals surface area contributed by atoms with E-state index in [4.69, 9.17) is 11.6 Å². The molecule has 0 aliphatic carbocycles. The lowest BCUT2D eigenvalue weighted by molar-refractivity contribution is 0.0933. The van der Waals surface area contributed by atoms with Crippen molar-refractivity contribution in [1.82, 2.24) is 24.4 Å². The summed E-state index contributed by atoms with van der Waals surface area (Å²) in [4.78, 5) is 25.2. The number of aryl methyl sites for hydroxylation is 3. The van der Waals surface area contributed by atoms with Crippen LogP contribution in [0.2, 0.25) is 5.02 Å². The van der Waals surface area contributed by atoms with Gasteiger partial charge in [0.2, 0.25) is 10.0 Å². The lowest BCUT2D eigenvalue weighted by atomic mass is 10.1. The van der Waals surface area contributed by atoms with E-state index in [2.05, 4.69) is 15.1 Å². The molecule has 0 bridgehead atoms. The van der Waals surface area contributed by atoms with Gasteiger partial charge in [-0.15, -0.1) is 0 Å². The van der Waals surface area contributed by atoms with Gasteiger partial charge in [0.1, 0.15) is 5.69 Å². The van der Waals surface area contributed by atoms with Crippen LogP contribution in [-0.2, 0) is 30.0 Å². The zero-order chi connectivity index (χ0) is 24.5. The average Bonchev–Trinajstić information content (AvgIpc) is 3.37. The van der Waals surface area contributed by atoms with E-state index in [1.54, 1.807) is 56.6 Å². The quantitative estimate of drug-likeness (QED) is 0.514. The third-order valence-corrected chi connectivity index (χ3v) is 7.36. The summed E-state index contributed by atoms with van der Waals surface area (Å²) in [5, 5.41) is 7.61. The van der Waals surface area contributed by atoms with Gasteiger partial charge in [-0.2, -0.15) is 5.10 Å². The number of hydrogen-bond donors (Lipinski definition) is 2. The van der Waals surface area contributed by atoms with Crippen molar-refractivity contribution in [3.8, 4) is 11.3 Å². The number of benzene rings is 1. The van der Waals surface area contributed by atoms with Crippen LogP contribution in [0, 0.1) is 0 Å². The molecule has 1 aliphatic heterocycles. The van der Waals surface area contributed by atoms with E-state index in [1.807, 2.05) is 4.57 Å². The van der Waals surface area contributed by atoms with E-state index in [0.29, 0.717) is 16.3 Å². The molecule has 3 heterocycles. The lowest BCUT2D eigenvalue weighted by Gasteiger charge is -2.14. The molecule has 0 radical (unpaired) electrons. The number of amides is 2. The molecule has 0 unspecified atom stereocenters. The number of halogens is 1. The van der Waals surface area contributed by atoms with Gasteiger partial charge in [0.15, 0.2) is 0 Å². The maximum Gasteiger partial charge on any atom is 0.269 e. The van der Waals surface area contributed by atoms with Crippen molar-refractivity contribution >= 4 is 33.4 Å². The Hall–Kier alpha value is -3.11. The molecule has 180 valence electrons. The minimum absolute atomic E-state index is 0.276. The molecule has 34 heavy (non-hydrogen) atoms. The van der Waals surface area contributed by atoms with Gasteiger partial charge in [0.25, 0.3) is 11.8 Å². The number of hydrogen-bond acceptors (Lipinski definition) is 5. The first-order chi connectivity index (χ1) is 16.1. The Labute approximate surface area is 203 Å². The monoisotopic (exact) mass is 503 g/mol. The van der Waals surface area contributed by atoms with Gasteiger partial charge in [0.05, 0.1) is 17.0 Å². The van der Waals surface area contributed by atoms with Crippen LogP contribution in [-0.4, -0.2) is 46.4 Å². The van der Waals surface area contributed by atoms with Crippen molar-refractivity contribution in [3.63, 3.8) is 0 Å². The van der Waals surface area contributed by atoms with Crippen LogP contribution in [0.1, 0.15) is 46.3 Å². The molecule has 0 fully saturated rings. The van der Waals surface area contributed by atoms with Crippen LogP contribution in [0.5, 0.6) is 0 Å². The summed E-state index contributed by atoms with van der Waals surface area (Å²) in [5.41, 5.74) is 3.01. The van der Waals surface area contributed by atoms with E-state index >= 15 is 0 Å². The maximum atomic E-state index is 12.7. The van der Waals surface area contributed by atoms with Crippen molar-refractivity contribution in [2.75, 3.05) is 5.75 Å². The van der Waals surface area contributed by atoms with Crippen LogP contribution < -0.4 is 10.0 Å². The van der Waals surface area contributed by atoms with Gasteiger partial charge in [-0.25, -0.2) is 13.1 Å². The van der Waals surface area contributed by atoms with Crippen LogP contribution >= 0.6 is 11.6 Å². The summed E-state index contributed by atoms with van der Waals surface area (Å²) in [6.45, 7) is 2.39. The molecule has 2 N–H and O–H groups in total.